The number of nitrogens with zero attached hydrogens (tertiary/aromatic N) is 7. The molecule has 0 aliphatic carbocycles. The highest BCUT2D eigenvalue weighted by Crippen LogP contribution is 2.35. The van der Waals surface area contributed by atoms with Crippen LogP contribution in [0, 0.1) is 5.82 Å². The van der Waals surface area contributed by atoms with Crippen LogP contribution in [0.15, 0.2) is 24.8 Å². The van der Waals surface area contributed by atoms with E-state index in [-0.39, 0.29) is 46.7 Å². The van der Waals surface area contributed by atoms with Gasteiger partial charge in [-0.05, 0) is 13.5 Å². The Kier molecular flexibility index (Phi) is 5.46. The molecule has 0 aromatic carbocycles. The zero-order chi connectivity index (χ0) is 24.9. The number of piperidine rings is 1. The molecule has 14 heteroatoms. The molecule has 0 saturated carbocycles. The van der Waals surface area contributed by atoms with Gasteiger partial charge >= 0.3 is 0 Å². The van der Waals surface area contributed by atoms with Gasteiger partial charge in [0.05, 0.1) is 37.7 Å². The van der Waals surface area contributed by atoms with Gasteiger partial charge in [0.25, 0.3) is 11.8 Å². The third-order valence-electron chi connectivity index (χ3n) is 5.95. The van der Waals surface area contributed by atoms with E-state index in [1.165, 1.54) is 41.7 Å². The van der Waals surface area contributed by atoms with Gasteiger partial charge in [-0.25, -0.2) is 27.7 Å². The summed E-state index contributed by atoms with van der Waals surface area (Å²) in [4.78, 5) is 26.2. The lowest BCUT2D eigenvalue weighted by molar-refractivity contribution is -0.0675. The molecule has 2 N–H and O–H groups in total. The number of hydrogen-bond donors (Lipinski definition) is 2. The number of carbonyl (C=O) groups is 1. The quantitative estimate of drug-likeness (QED) is 0.436. The molecule has 4 aromatic rings. The van der Waals surface area contributed by atoms with Crippen LogP contribution in [0.4, 0.5) is 19.1 Å². The largest absolute Gasteiger partial charge is 0.479 e. The molecule has 1 aliphatic rings. The molecule has 1 fully saturated rings. The smallest absolute Gasteiger partial charge is 0.280 e. The summed E-state index contributed by atoms with van der Waals surface area (Å²) in [5.74, 6) is -3.93. The molecule has 0 spiro atoms. The molecule has 1 aliphatic heterocycles. The molecule has 35 heavy (non-hydrogen) atoms. The summed E-state index contributed by atoms with van der Waals surface area (Å²) >= 11 is 0. The first-order chi connectivity index (χ1) is 16.7. The summed E-state index contributed by atoms with van der Waals surface area (Å²) in [7, 11) is 4.45. The van der Waals surface area contributed by atoms with Crippen molar-refractivity contribution in [3.05, 3.63) is 36.3 Å². The highest BCUT2D eigenvalue weighted by atomic mass is 19.3. The molecule has 0 bridgehead atoms. The predicted octanol–water partition coefficient (Wildman–Crippen LogP) is 1.70. The number of hydrogen-bond acceptors (Lipinski definition) is 8. The first-order valence-corrected chi connectivity index (χ1v) is 10.7. The Labute approximate surface area is 196 Å². The van der Waals surface area contributed by atoms with Crippen molar-refractivity contribution in [2.45, 2.75) is 18.4 Å². The van der Waals surface area contributed by atoms with Crippen LogP contribution in [-0.4, -0.2) is 86.0 Å². The Morgan fingerprint density at radius 2 is 2.03 bits per heavy atom. The number of rotatable bonds is 5. The molecule has 0 unspecified atom stereocenters. The van der Waals surface area contributed by atoms with Crippen LogP contribution < -0.4 is 15.4 Å². The minimum absolute atomic E-state index is 0.0186. The Bertz CT molecular complexity index is 1430. The van der Waals surface area contributed by atoms with E-state index in [0.29, 0.717) is 12.1 Å². The first kappa shape index (κ1) is 22.8. The van der Waals surface area contributed by atoms with Gasteiger partial charge in [-0.15, -0.1) is 5.10 Å². The van der Waals surface area contributed by atoms with Gasteiger partial charge in [0.2, 0.25) is 17.6 Å². The van der Waals surface area contributed by atoms with Crippen LogP contribution in [0.1, 0.15) is 16.9 Å². The zero-order valence-electron chi connectivity index (χ0n) is 19.1. The summed E-state index contributed by atoms with van der Waals surface area (Å²) in [5, 5.41) is 9.40. The maximum absolute atomic E-state index is 15.2. The van der Waals surface area contributed by atoms with Crippen molar-refractivity contribution in [3.8, 4) is 17.0 Å². The average molecular weight is 489 g/mol. The lowest BCUT2D eigenvalue weighted by atomic mass is 10.0. The van der Waals surface area contributed by atoms with Gasteiger partial charge in [0.15, 0.2) is 5.82 Å². The van der Waals surface area contributed by atoms with Crippen molar-refractivity contribution in [3.63, 3.8) is 0 Å². The van der Waals surface area contributed by atoms with Crippen molar-refractivity contribution < 1.29 is 22.7 Å². The molecule has 1 atom stereocenters. The standard InChI is InChI=1S/C21H22F3N9O2/c1-25-17(34)13-7-27-20-26-6-11(8-32(13)20)15-12(22)9-33-16(15)18(35-3)29-19(30-33)28-14-4-5-31(2)10-21(14,23)24/h6-9,14H,4-5,10H2,1-3H3,(H,25,34)(H,28,30)/t14-/m1/s1. The van der Waals surface area contributed by atoms with Crippen LogP contribution in [0.3, 0.4) is 0 Å². The van der Waals surface area contributed by atoms with E-state index in [4.69, 9.17) is 4.74 Å². The van der Waals surface area contributed by atoms with Gasteiger partial charge in [-0.3, -0.25) is 9.20 Å². The minimum Gasteiger partial charge on any atom is -0.479 e. The maximum atomic E-state index is 15.2. The number of carbonyl (C=O) groups excluding carboxylic acids is 1. The van der Waals surface area contributed by atoms with Gasteiger partial charge < -0.3 is 20.3 Å². The fourth-order valence-electron chi connectivity index (χ4n) is 4.24. The second-order valence-corrected chi connectivity index (χ2v) is 8.31. The normalized spacial score (nSPS) is 18.2. The Morgan fingerprint density at radius 3 is 2.74 bits per heavy atom. The van der Waals surface area contributed by atoms with Crippen LogP contribution in [0.5, 0.6) is 5.88 Å². The molecule has 1 amide bonds. The van der Waals surface area contributed by atoms with Gasteiger partial charge in [0, 0.05) is 31.5 Å². The number of ether oxygens (including phenoxy) is 1. The van der Waals surface area contributed by atoms with E-state index in [0.717, 1.165) is 6.20 Å². The van der Waals surface area contributed by atoms with E-state index in [9.17, 15) is 13.6 Å². The van der Waals surface area contributed by atoms with E-state index < -0.39 is 24.3 Å². The number of nitrogens with one attached hydrogen (secondary N) is 2. The van der Waals surface area contributed by atoms with E-state index in [1.54, 1.807) is 11.9 Å². The lowest BCUT2D eigenvalue weighted by Gasteiger charge is -2.36. The third kappa shape index (κ3) is 3.88. The average Bonchev–Trinajstić information content (AvgIpc) is 3.39. The molecule has 0 radical (unpaired) electrons. The number of methoxy groups -OCH3 is 1. The molecule has 1 saturated heterocycles. The summed E-state index contributed by atoms with van der Waals surface area (Å²) in [6.07, 6.45) is 5.56. The topological polar surface area (TPSA) is 114 Å². The van der Waals surface area contributed by atoms with Crippen molar-refractivity contribution in [2.24, 2.45) is 0 Å². The molecule has 4 aromatic heterocycles. The second-order valence-electron chi connectivity index (χ2n) is 8.31. The van der Waals surface area contributed by atoms with E-state index >= 15 is 4.39 Å². The van der Waals surface area contributed by atoms with Crippen molar-refractivity contribution in [1.82, 2.24) is 39.2 Å². The highest BCUT2D eigenvalue weighted by molar-refractivity contribution is 5.93. The Balaban J connectivity index is 1.58. The Hall–Kier alpha value is -3.94. The predicted molar refractivity (Wildman–Crippen MR) is 119 cm³/mol. The molecule has 5 rings (SSSR count). The molecular weight excluding hydrogens is 467 g/mol. The van der Waals surface area contributed by atoms with Crippen LogP contribution >= 0.6 is 0 Å². The number of amides is 1. The van der Waals surface area contributed by atoms with Crippen LogP contribution in [0.25, 0.3) is 22.4 Å². The number of alkyl halides is 2. The first-order valence-electron chi connectivity index (χ1n) is 10.7. The summed E-state index contributed by atoms with van der Waals surface area (Å²) < 4.78 is 52.2. The highest BCUT2D eigenvalue weighted by Gasteiger charge is 2.44. The molecule has 5 heterocycles. The number of aromatic nitrogens is 6. The van der Waals surface area contributed by atoms with Crippen molar-refractivity contribution >= 4 is 23.1 Å². The zero-order valence-corrected chi connectivity index (χ0v) is 19.1. The molecular formula is C21H22F3N9O2. The minimum atomic E-state index is -3.00. The fourth-order valence-corrected chi connectivity index (χ4v) is 4.24. The van der Waals surface area contributed by atoms with Gasteiger partial charge in [-0.1, -0.05) is 0 Å². The second kappa shape index (κ2) is 8.37. The van der Waals surface area contributed by atoms with Gasteiger partial charge in [0.1, 0.15) is 11.2 Å². The Morgan fingerprint density at radius 1 is 1.26 bits per heavy atom. The van der Waals surface area contributed by atoms with Crippen LogP contribution in [0.2, 0.25) is 0 Å². The monoisotopic (exact) mass is 489 g/mol. The number of fused-ring (bicyclic) bond motifs is 2. The van der Waals surface area contributed by atoms with Crippen LogP contribution in [-0.2, 0) is 0 Å². The summed E-state index contributed by atoms with van der Waals surface area (Å²) in [6.45, 7) is 0.0881. The lowest BCUT2D eigenvalue weighted by Crippen LogP contribution is -2.53. The van der Waals surface area contributed by atoms with E-state index in [1.807, 2.05) is 0 Å². The number of halogens is 3. The third-order valence-corrected chi connectivity index (χ3v) is 5.95. The number of anilines is 1. The van der Waals surface area contributed by atoms with Crippen molar-refractivity contribution in [1.29, 1.82) is 0 Å². The van der Waals surface area contributed by atoms with Gasteiger partial charge in [-0.2, -0.15) is 4.98 Å². The number of likely N-dealkylation sites (tertiary alicyclic amines) is 1. The SMILES string of the molecule is CNC(=O)c1cnc2ncc(-c3c(F)cn4nc(N[C@@H]5CCN(C)CC5(F)F)nc(OC)c34)cn12. The molecule has 184 valence electrons. The van der Waals surface area contributed by atoms with E-state index in [2.05, 4.69) is 30.7 Å². The van der Waals surface area contributed by atoms with Crippen molar-refractivity contribution in [2.75, 3.05) is 39.6 Å². The number of imidazole rings is 1. The maximum Gasteiger partial charge on any atom is 0.280 e. The summed E-state index contributed by atoms with van der Waals surface area (Å²) in [6, 6.07) is -1.18. The molecule has 11 nitrogen and oxygen atoms in total. The fraction of sp³-hybridized carbons (Fsp3) is 0.381. The summed E-state index contributed by atoms with van der Waals surface area (Å²) in [5.41, 5.74) is 0.775.